The zero-order valence-electron chi connectivity index (χ0n) is 13.1. The number of hydrazone groups is 1. The monoisotopic (exact) mass is 337 g/mol. The molecule has 1 aromatic heterocycles. The number of fused-ring (bicyclic) bond motifs is 1. The van der Waals surface area contributed by atoms with Crippen molar-refractivity contribution in [3.05, 3.63) is 71.4 Å². The fraction of sp³-hybridized carbons (Fsp3) is 0.0526. The molecule has 24 heavy (non-hydrogen) atoms. The van der Waals surface area contributed by atoms with Crippen LogP contribution in [0.1, 0.15) is 5.56 Å². The summed E-state index contributed by atoms with van der Waals surface area (Å²) in [5, 5.41) is 5.85. The molecule has 0 aliphatic heterocycles. The molecule has 0 fully saturated rings. The number of hydrogen-bond acceptors (Lipinski definition) is 4. The van der Waals surface area contributed by atoms with Crippen LogP contribution in [-0.2, 0) is 0 Å². The molecule has 0 amide bonds. The number of pyridine rings is 1. The van der Waals surface area contributed by atoms with Crippen LogP contribution in [0.4, 0.5) is 5.69 Å². The molecule has 4 nitrogen and oxygen atoms in total. The fourth-order valence-corrected chi connectivity index (χ4v) is 2.49. The van der Waals surface area contributed by atoms with Crippen molar-refractivity contribution in [3.63, 3.8) is 0 Å². The predicted molar refractivity (Wildman–Crippen MR) is 101 cm³/mol. The molecule has 1 heterocycles. The van der Waals surface area contributed by atoms with E-state index >= 15 is 0 Å². The molecule has 0 saturated heterocycles. The summed E-state index contributed by atoms with van der Waals surface area (Å²) in [5.41, 5.74) is 5.72. The third kappa shape index (κ3) is 3.73. The van der Waals surface area contributed by atoms with Gasteiger partial charge >= 0.3 is 0 Å². The predicted octanol–water partition coefficient (Wildman–Crippen LogP) is 5.01. The van der Waals surface area contributed by atoms with Gasteiger partial charge in [-0.1, -0.05) is 29.8 Å². The maximum Gasteiger partial charge on any atom is 0.126 e. The molecule has 0 saturated carbocycles. The molecule has 0 aliphatic rings. The second kappa shape index (κ2) is 7.62. The van der Waals surface area contributed by atoms with E-state index in [4.69, 9.17) is 16.3 Å². The minimum absolute atomic E-state index is 0.662. The number of aromatic nitrogens is 1. The normalized spacial score (nSPS) is 11.4. The van der Waals surface area contributed by atoms with Gasteiger partial charge in [0.2, 0.25) is 0 Å². The van der Waals surface area contributed by atoms with E-state index in [0.29, 0.717) is 5.02 Å². The smallest absolute Gasteiger partial charge is 0.126 e. The summed E-state index contributed by atoms with van der Waals surface area (Å²) in [4.78, 5) is 4.30. The Labute approximate surface area is 145 Å². The molecular formula is C19H16ClN3O. The van der Waals surface area contributed by atoms with Crippen molar-refractivity contribution in [3.8, 4) is 5.75 Å². The summed E-state index contributed by atoms with van der Waals surface area (Å²) in [5.74, 6) is 0.826. The Morgan fingerprint density at radius 1 is 1.17 bits per heavy atom. The van der Waals surface area contributed by atoms with Gasteiger partial charge in [-0.2, -0.15) is 5.10 Å². The van der Waals surface area contributed by atoms with Crippen LogP contribution in [0, 0.1) is 0 Å². The van der Waals surface area contributed by atoms with E-state index in [1.54, 1.807) is 19.5 Å². The summed E-state index contributed by atoms with van der Waals surface area (Å²) in [7, 11) is 1.66. The van der Waals surface area contributed by atoms with Crippen molar-refractivity contribution < 1.29 is 4.74 Å². The van der Waals surface area contributed by atoms with Crippen LogP contribution in [0.5, 0.6) is 5.75 Å². The molecule has 0 atom stereocenters. The van der Waals surface area contributed by atoms with Gasteiger partial charge in [0.25, 0.3) is 0 Å². The minimum Gasteiger partial charge on any atom is -0.496 e. The lowest BCUT2D eigenvalue weighted by Gasteiger charge is -2.05. The van der Waals surface area contributed by atoms with Gasteiger partial charge in [-0.05, 0) is 42.5 Å². The molecule has 0 aliphatic carbocycles. The van der Waals surface area contributed by atoms with Gasteiger partial charge in [-0.25, -0.2) is 0 Å². The lowest BCUT2D eigenvalue weighted by Crippen LogP contribution is -1.91. The highest BCUT2D eigenvalue weighted by molar-refractivity contribution is 6.31. The van der Waals surface area contributed by atoms with Gasteiger partial charge in [0.1, 0.15) is 5.75 Å². The Balaban J connectivity index is 1.72. The van der Waals surface area contributed by atoms with Crippen molar-refractivity contribution in [2.45, 2.75) is 0 Å². The average Bonchev–Trinajstić information content (AvgIpc) is 2.61. The average molecular weight is 338 g/mol. The molecule has 120 valence electrons. The fourth-order valence-electron chi connectivity index (χ4n) is 2.32. The first-order chi connectivity index (χ1) is 11.8. The summed E-state index contributed by atoms with van der Waals surface area (Å²) in [6.45, 7) is 0. The molecule has 2 aromatic carbocycles. The summed E-state index contributed by atoms with van der Waals surface area (Å²) in [6, 6.07) is 15.3. The van der Waals surface area contributed by atoms with Gasteiger partial charge in [0, 0.05) is 28.4 Å². The third-order valence-corrected chi connectivity index (χ3v) is 3.70. The van der Waals surface area contributed by atoms with E-state index in [1.807, 2.05) is 60.7 Å². The number of halogens is 1. The lowest BCUT2D eigenvalue weighted by molar-refractivity contribution is 0.414. The zero-order valence-corrected chi connectivity index (χ0v) is 13.9. The van der Waals surface area contributed by atoms with Gasteiger partial charge < -0.3 is 4.74 Å². The maximum atomic E-state index is 5.99. The number of ether oxygens (including phenoxy) is 1. The van der Waals surface area contributed by atoms with Crippen molar-refractivity contribution in [2.75, 3.05) is 12.5 Å². The Morgan fingerprint density at radius 2 is 2.04 bits per heavy atom. The second-order valence-electron chi connectivity index (χ2n) is 5.01. The molecule has 0 bridgehead atoms. The van der Waals surface area contributed by atoms with Crippen molar-refractivity contribution >= 4 is 40.5 Å². The van der Waals surface area contributed by atoms with Gasteiger partial charge in [-0.3, -0.25) is 10.4 Å². The molecular weight excluding hydrogens is 322 g/mol. The molecule has 1 N–H and O–H groups in total. The lowest BCUT2D eigenvalue weighted by atomic mass is 10.2. The van der Waals surface area contributed by atoms with Crippen LogP contribution in [0.15, 0.2) is 65.9 Å². The second-order valence-corrected chi connectivity index (χ2v) is 5.45. The maximum absolute atomic E-state index is 5.99. The van der Waals surface area contributed by atoms with E-state index in [0.717, 1.165) is 27.9 Å². The summed E-state index contributed by atoms with van der Waals surface area (Å²) in [6.07, 6.45) is 7.20. The highest BCUT2D eigenvalue weighted by Gasteiger charge is 2.01. The van der Waals surface area contributed by atoms with Crippen molar-refractivity contribution in [2.24, 2.45) is 5.10 Å². The number of nitrogens with zero attached hydrogens (tertiary/aromatic N) is 2. The van der Waals surface area contributed by atoms with Crippen molar-refractivity contribution in [1.29, 1.82) is 0 Å². The largest absolute Gasteiger partial charge is 0.496 e. The van der Waals surface area contributed by atoms with Crippen LogP contribution < -0.4 is 10.2 Å². The quantitative estimate of drug-likeness (QED) is 0.526. The van der Waals surface area contributed by atoms with E-state index in [2.05, 4.69) is 15.5 Å². The number of anilines is 1. The highest BCUT2D eigenvalue weighted by Crippen LogP contribution is 2.24. The molecule has 3 rings (SSSR count). The van der Waals surface area contributed by atoms with Crippen LogP contribution in [0.25, 0.3) is 17.0 Å². The molecule has 0 unspecified atom stereocenters. The van der Waals surface area contributed by atoms with Crippen LogP contribution in [-0.4, -0.2) is 18.3 Å². The van der Waals surface area contributed by atoms with E-state index in [1.165, 1.54) is 0 Å². The molecule has 0 radical (unpaired) electrons. The molecule has 0 spiro atoms. The third-order valence-electron chi connectivity index (χ3n) is 3.47. The minimum atomic E-state index is 0.662. The summed E-state index contributed by atoms with van der Waals surface area (Å²) >= 11 is 5.99. The van der Waals surface area contributed by atoms with Gasteiger partial charge in [-0.15, -0.1) is 0 Å². The van der Waals surface area contributed by atoms with E-state index in [-0.39, 0.29) is 0 Å². The Morgan fingerprint density at radius 3 is 2.92 bits per heavy atom. The zero-order chi connectivity index (χ0) is 16.8. The van der Waals surface area contributed by atoms with Gasteiger partial charge in [0.05, 0.1) is 18.3 Å². The molecule has 3 aromatic rings. The highest BCUT2D eigenvalue weighted by atomic mass is 35.5. The number of rotatable bonds is 5. The first kappa shape index (κ1) is 16.0. The number of hydrogen-bond donors (Lipinski definition) is 1. The number of methoxy groups -OCH3 is 1. The van der Waals surface area contributed by atoms with E-state index in [9.17, 15) is 0 Å². The SMILES string of the molecule is COc1ccccc1C=CC=NNc1ccnc2cc(Cl)ccc12. The Bertz CT molecular complexity index is 906. The standard InChI is InChI=1S/C19H16ClN3O/c1-24-19-7-3-2-5-14(19)6-4-11-22-23-17-10-12-21-18-13-15(20)8-9-16(17)18/h2-13H,1H3,(H,21,23). The van der Waals surface area contributed by atoms with Crippen LogP contribution >= 0.6 is 11.6 Å². The Kier molecular flexibility index (Phi) is 5.08. The summed E-state index contributed by atoms with van der Waals surface area (Å²) < 4.78 is 5.30. The van der Waals surface area contributed by atoms with Gasteiger partial charge in [0.15, 0.2) is 0 Å². The van der Waals surface area contributed by atoms with Crippen molar-refractivity contribution in [1.82, 2.24) is 4.98 Å². The first-order valence-electron chi connectivity index (χ1n) is 7.41. The first-order valence-corrected chi connectivity index (χ1v) is 7.79. The topological polar surface area (TPSA) is 46.5 Å². The van der Waals surface area contributed by atoms with E-state index < -0.39 is 0 Å². The van der Waals surface area contributed by atoms with Crippen LogP contribution in [0.2, 0.25) is 5.02 Å². The number of nitrogens with one attached hydrogen (secondary N) is 1. The molecule has 5 heteroatoms. The van der Waals surface area contributed by atoms with Crippen LogP contribution in [0.3, 0.4) is 0 Å². The number of allylic oxidation sites excluding steroid dienone is 1. The number of benzene rings is 2. The Hall–Kier alpha value is -2.85. The number of para-hydroxylation sites is 1.